The van der Waals surface area contributed by atoms with Gasteiger partial charge in [-0.25, -0.2) is 4.39 Å². The molecule has 0 spiro atoms. The Morgan fingerprint density at radius 1 is 1.38 bits per heavy atom. The molecule has 0 radical (unpaired) electrons. The van der Waals surface area contributed by atoms with Gasteiger partial charge in [0.25, 0.3) is 0 Å². The summed E-state index contributed by atoms with van der Waals surface area (Å²) in [4.78, 5) is 0. The molecule has 86 valence electrons. The van der Waals surface area contributed by atoms with Crippen molar-refractivity contribution in [2.75, 3.05) is 13.2 Å². The Morgan fingerprint density at radius 2 is 2.31 bits per heavy atom. The van der Waals surface area contributed by atoms with Crippen molar-refractivity contribution in [3.63, 3.8) is 0 Å². The molecule has 0 bridgehead atoms. The number of para-hydroxylation sites is 1. The number of benzene rings is 1. The Labute approximate surface area is 94.8 Å². The van der Waals surface area contributed by atoms with Crippen LogP contribution in [0.25, 0.3) is 0 Å². The van der Waals surface area contributed by atoms with Crippen molar-refractivity contribution in [3.8, 4) is 5.75 Å². The molecule has 1 N–H and O–H groups in total. The fraction of sp³-hybridized carbons (Fsp3) is 0.538. The number of nitrogens with one attached hydrogen (secondary N) is 1. The van der Waals surface area contributed by atoms with Crippen molar-refractivity contribution in [1.82, 2.24) is 5.32 Å². The van der Waals surface area contributed by atoms with Gasteiger partial charge >= 0.3 is 0 Å². The Bertz CT molecular complexity index is 388. The summed E-state index contributed by atoms with van der Waals surface area (Å²) >= 11 is 0. The van der Waals surface area contributed by atoms with E-state index in [4.69, 9.17) is 4.74 Å². The molecule has 2 heterocycles. The molecular formula is C13H16FNO. The molecule has 2 aliphatic rings. The second-order valence-corrected chi connectivity index (χ2v) is 4.71. The lowest BCUT2D eigenvalue weighted by molar-refractivity contribution is 0.184. The van der Waals surface area contributed by atoms with E-state index in [0.717, 1.165) is 18.5 Å². The van der Waals surface area contributed by atoms with Gasteiger partial charge in [0.15, 0.2) is 11.6 Å². The SMILES string of the molecule is Fc1cccc2c1OCC(C1CCCN1)C2. The summed E-state index contributed by atoms with van der Waals surface area (Å²) in [6, 6.07) is 5.76. The van der Waals surface area contributed by atoms with E-state index < -0.39 is 0 Å². The number of hydrogen-bond donors (Lipinski definition) is 1. The van der Waals surface area contributed by atoms with Gasteiger partial charge in [-0.3, -0.25) is 0 Å². The largest absolute Gasteiger partial charge is 0.490 e. The second-order valence-electron chi connectivity index (χ2n) is 4.71. The van der Waals surface area contributed by atoms with Crippen LogP contribution in [-0.2, 0) is 6.42 Å². The third kappa shape index (κ3) is 1.69. The lowest BCUT2D eigenvalue weighted by atomic mass is 9.89. The van der Waals surface area contributed by atoms with Crippen LogP contribution in [0.3, 0.4) is 0 Å². The average molecular weight is 221 g/mol. The van der Waals surface area contributed by atoms with Gasteiger partial charge in [0, 0.05) is 12.0 Å². The lowest BCUT2D eigenvalue weighted by Crippen LogP contribution is -2.37. The van der Waals surface area contributed by atoms with Crippen molar-refractivity contribution in [2.24, 2.45) is 5.92 Å². The zero-order valence-electron chi connectivity index (χ0n) is 9.21. The summed E-state index contributed by atoms with van der Waals surface area (Å²) < 4.78 is 19.0. The summed E-state index contributed by atoms with van der Waals surface area (Å²) in [5.74, 6) is 0.740. The van der Waals surface area contributed by atoms with Gasteiger partial charge in [-0.2, -0.15) is 0 Å². The van der Waals surface area contributed by atoms with Crippen LogP contribution in [0, 0.1) is 11.7 Å². The molecule has 16 heavy (non-hydrogen) atoms. The Kier molecular flexibility index (Phi) is 2.56. The highest BCUT2D eigenvalue weighted by atomic mass is 19.1. The predicted octanol–water partition coefficient (Wildman–Crippen LogP) is 2.13. The second kappa shape index (κ2) is 4.06. The number of rotatable bonds is 1. The van der Waals surface area contributed by atoms with E-state index in [2.05, 4.69) is 5.32 Å². The fourth-order valence-corrected chi connectivity index (χ4v) is 2.78. The number of ether oxygens (including phenoxy) is 1. The van der Waals surface area contributed by atoms with Gasteiger partial charge in [0.1, 0.15) is 0 Å². The molecular weight excluding hydrogens is 205 g/mol. The van der Waals surface area contributed by atoms with Crippen LogP contribution < -0.4 is 10.1 Å². The van der Waals surface area contributed by atoms with E-state index in [1.807, 2.05) is 6.07 Å². The van der Waals surface area contributed by atoms with Crippen LogP contribution in [0.15, 0.2) is 18.2 Å². The molecule has 2 unspecified atom stereocenters. The van der Waals surface area contributed by atoms with E-state index in [-0.39, 0.29) is 5.82 Å². The van der Waals surface area contributed by atoms with Gasteiger partial charge in [0.2, 0.25) is 0 Å². The van der Waals surface area contributed by atoms with Crippen LogP contribution in [0.5, 0.6) is 5.75 Å². The smallest absolute Gasteiger partial charge is 0.165 e. The van der Waals surface area contributed by atoms with E-state index >= 15 is 0 Å². The topological polar surface area (TPSA) is 21.3 Å². The van der Waals surface area contributed by atoms with E-state index in [9.17, 15) is 4.39 Å². The number of fused-ring (bicyclic) bond motifs is 1. The average Bonchev–Trinajstić information content (AvgIpc) is 2.82. The van der Waals surface area contributed by atoms with Crippen molar-refractivity contribution in [2.45, 2.75) is 25.3 Å². The molecule has 2 nitrogen and oxygen atoms in total. The van der Waals surface area contributed by atoms with Gasteiger partial charge in [0.05, 0.1) is 6.61 Å². The zero-order chi connectivity index (χ0) is 11.0. The lowest BCUT2D eigenvalue weighted by Gasteiger charge is -2.29. The highest BCUT2D eigenvalue weighted by Gasteiger charge is 2.30. The summed E-state index contributed by atoms with van der Waals surface area (Å²) in [5.41, 5.74) is 1.02. The molecule has 0 saturated carbocycles. The number of halogens is 1. The standard InChI is InChI=1S/C13H16FNO/c14-11-4-1-3-9-7-10(8-16-13(9)11)12-5-2-6-15-12/h1,3-4,10,12,15H,2,5-8H2. The minimum Gasteiger partial charge on any atom is -0.490 e. The van der Waals surface area contributed by atoms with Crippen LogP contribution in [0.1, 0.15) is 18.4 Å². The van der Waals surface area contributed by atoms with Crippen LogP contribution in [0.2, 0.25) is 0 Å². The van der Waals surface area contributed by atoms with Crippen molar-refractivity contribution >= 4 is 0 Å². The van der Waals surface area contributed by atoms with Crippen LogP contribution >= 0.6 is 0 Å². The van der Waals surface area contributed by atoms with Crippen molar-refractivity contribution in [1.29, 1.82) is 0 Å². The maximum absolute atomic E-state index is 13.4. The molecule has 3 heteroatoms. The van der Waals surface area contributed by atoms with Gasteiger partial charge in [-0.1, -0.05) is 12.1 Å². The van der Waals surface area contributed by atoms with Crippen LogP contribution in [0.4, 0.5) is 4.39 Å². The maximum atomic E-state index is 13.4. The van der Waals surface area contributed by atoms with E-state index in [0.29, 0.717) is 24.3 Å². The molecule has 1 aromatic carbocycles. The highest BCUT2D eigenvalue weighted by molar-refractivity contribution is 5.36. The molecule has 1 saturated heterocycles. The monoisotopic (exact) mass is 221 g/mol. The third-order valence-corrected chi connectivity index (χ3v) is 3.64. The van der Waals surface area contributed by atoms with Crippen molar-refractivity contribution < 1.29 is 9.13 Å². The molecule has 0 amide bonds. The first-order valence-electron chi connectivity index (χ1n) is 5.98. The van der Waals surface area contributed by atoms with Gasteiger partial charge in [-0.15, -0.1) is 0 Å². The number of hydrogen-bond acceptors (Lipinski definition) is 2. The third-order valence-electron chi connectivity index (χ3n) is 3.64. The van der Waals surface area contributed by atoms with Gasteiger partial charge in [-0.05, 0) is 37.4 Å². The highest BCUT2D eigenvalue weighted by Crippen LogP contribution is 2.32. The van der Waals surface area contributed by atoms with Crippen LogP contribution in [-0.4, -0.2) is 19.2 Å². The minimum absolute atomic E-state index is 0.227. The Hall–Kier alpha value is -1.09. The molecule has 0 aliphatic carbocycles. The zero-order valence-corrected chi connectivity index (χ0v) is 9.21. The molecule has 3 rings (SSSR count). The Balaban J connectivity index is 1.80. The molecule has 1 aromatic rings. The van der Waals surface area contributed by atoms with E-state index in [1.165, 1.54) is 18.9 Å². The summed E-state index contributed by atoms with van der Waals surface area (Å²) in [6.07, 6.45) is 3.40. The molecule has 2 aliphatic heterocycles. The first-order chi connectivity index (χ1) is 7.84. The Morgan fingerprint density at radius 3 is 3.12 bits per heavy atom. The fourth-order valence-electron chi connectivity index (χ4n) is 2.78. The first kappa shape index (κ1) is 10.1. The normalized spacial score (nSPS) is 28.6. The summed E-state index contributed by atoms with van der Waals surface area (Å²) in [6.45, 7) is 1.75. The minimum atomic E-state index is -0.227. The summed E-state index contributed by atoms with van der Waals surface area (Å²) in [5, 5.41) is 3.50. The van der Waals surface area contributed by atoms with Crippen molar-refractivity contribution in [3.05, 3.63) is 29.6 Å². The maximum Gasteiger partial charge on any atom is 0.165 e. The van der Waals surface area contributed by atoms with E-state index in [1.54, 1.807) is 6.07 Å². The molecule has 0 aromatic heterocycles. The predicted molar refractivity (Wildman–Crippen MR) is 60.1 cm³/mol. The van der Waals surface area contributed by atoms with Gasteiger partial charge < -0.3 is 10.1 Å². The molecule has 2 atom stereocenters. The quantitative estimate of drug-likeness (QED) is 0.784. The first-order valence-corrected chi connectivity index (χ1v) is 5.98. The summed E-state index contributed by atoms with van der Waals surface area (Å²) in [7, 11) is 0. The molecule has 1 fully saturated rings.